The molecule has 0 radical (unpaired) electrons. The zero-order chi connectivity index (χ0) is 20.3. The quantitative estimate of drug-likeness (QED) is 0.659. The molecule has 150 valence electrons. The highest BCUT2D eigenvalue weighted by molar-refractivity contribution is 8.18. The van der Waals surface area contributed by atoms with Gasteiger partial charge in [-0.25, -0.2) is 0 Å². The van der Waals surface area contributed by atoms with Crippen LogP contribution in [0.4, 0.5) is 4.79 Å². The fourth-order valence-electron chi connectivity index (χ4n) is 2.79. The number of nitrogens with zero attached hydrogens (tertiary/aromatic N) is 1. The number of amides is 3. The molecular weight excluding hydrogens is 404 g/mol. The summed E-state index contributed by atoms with van der Waals surface area (Å²) in [6, 6.07) is 4.75. The van der Waals surface area contributed by atoms with E-state index in [0.29, 0.717) is 28.6 Å². The molecule has 10 heteroatoms. The molecule has 0 spiro atoms. The minimum Gasteiger partial charge on any atom is -0.497 e. The van der Waals surface area contributed by atoms with E-state index in [1.807, 2.05) is 0 Å². The van der Waals surface area contributed by atoms with Gasteiger partial charge in [0.05, 0.1) is 31.3 Å². The summed E-state index contributed by atoms with van der Waals surface area (Å²) in [7, 11) is 3.03. The molecule has 2 heterocycles. The van der Waals surface area contributed by atoms with Crippen LogP contribution in [0.1, 0.15) is 5.56 Å². The maximum atomic E-state index is 12.6. The van der Waals surface area contributed by atoms with Crippen molar-refractivity contribution in [1.29, 1.82) is 0 Å². The molecule has 0 unspecified atom stereocenters. The van der Waals surface area contributed by atoms with E-state index in [-0.39, 0.29) is 17.5 Å². The number of aliphatic hydroxyl groups is 1. The third-order valence-corrected chi connectivity index (χ3v) is 6.38. The second-order valence-electron chi connectivity index (χ2n) is 6.15. The fraction of sp³-hybridized carbons (Fsp3) is 0.389. The number of hydrogen-bond acceptors (Lipinski definition) is 8. The zero-order valence-corrected chi connectivity index (χ0v) is 17.0. The van der Waals surface area contributed by atoms with E-state index in [2.05, 4.69) is 5.32 Å². The summed E-state index contributed by atoms with van der Waals surface area (Å²) in [5.74, 6) is 1.24. The van der Waals surface area contributed by atoms with Gasteiger partial charge >= 0.3 is 0 Å². The SMILES string of the molecule is COc1ccc(/C=C2\SC(=O)N(CC(=O)N[C@@H]3CSC[C@@H]3O)C2=O)c(OC)c1. The number of methoxy groups -OCH3 is 2. The van der Waals surface area contributed by atoms with Crippen LogP contribution < -0.4 is 14.8 Å². The van der Waals surface area contributed by atoms with Crippen molar-refractivity contribution in [2.75, 3.05) is 32.3 Å². The molecule has 3 rings (SSSR count). The molecule has 0 bridgehead atoms. The van der Waals surface area contributed by atoms with Gasteiger partial charge in [-0.2, -0.15) is 11.8 Å². The third-order valence-electron chi connectivity index (χ3n) is 4.30. The summed E-state index contributed by atoms with van der Waals surface area (Å²) >= 11 is 2.31. The van der Waals surface area contributed by atoms with Crippen molar-refractivity contribution in [2.24, 2.45) is 0 Å². The molecule has 1 aromatic rings. The van der Waals surface area contributed by atoms with Crippen molar-refractivity contribution in [3.8, 4) is 11.5 Å². The van der Waals surface area contributed by atoms with Crippen LogP contribution in [0.25, 0.3) is 6.08 Å². The van der Waals surface area contributed by atoms with Gasteiger partial charge in [0.2, 0.25) is 5.91 Å². The van der Waals surface area contributed by atoms with E-state index >= 15 is 0 Å². The standard InChI is InChI=1S/C18H20N2O6S2/c1-25-11-4-3-10(14(6-11)26-2)5-15-17(23)20(18(24)28-15)7-16(22)19-12-8-27-9-13(12)21/h3-6,12-13,21H,7-9H2,1-2H3,(H,19,22)/b15-5-/t12-,13+/m1/s1. The highest BCUT2D eigenvalue weighted by Gasteiger charge is 2.37. The molecule has 2 saturated heterocycles. The molecule has 3 amide bonds. The topological polar surface area (TPSA) is 105 Å². The van der Waals surface area contributed by atoms with Crippen LogP contribution in [-0.4, -0.2) is 71.5 Å². The molecule has 2 aliphatic heterocycles. The van der Waals surface area contributed by atoms with E-state index in [4.69, 9.17) is 9.47 Å². The van der Waals surface area contributed by atoms with Gasteiger partial charge in [-0.3, -0.25) is 19.3 Å². The first-order chi connectivity index (χ1) is 13.4. The van der Waals surface area contributed by atoms with Crippen molar-refractivity contribution >= 4 is 46.7 Å². The summed E-state index contributed by atoms with van der Waals surface area (Å²) in [6.45, 7) is -0.379. The van der Waals surface area contributed by atoms with Crippen molar-refractivity contribution in [1.82, 2.24) is 10.2 Å². The Kier molecular flexibility index (Phi) is 6.53. The van der Waals surface area contributed by atoms with E-state index < -0.39 is 23.2 Å². The van der Waals surface area contributed by atoms with Crippen LogP contribution >= 0.6 is 23.5 Å². The Bertz CT molecular complexity index is 828. The predicted octanol–water partition coefficient (Wildman–Crippen LogP) is 1.33. The first-order valence-corrected chi connectivity index (χ1v) is 10.4. The first kappa shape index (κ1) is 20.6. The molecule has 0 aliphatic carbocycles. The summed E-state index contributed by atoms with van der Waals surface area (Å²) in [4.78, 5) is 38.1. The molecule has 8 nitrogen and oxygen atoms in total. The Labute approximate surface area is 170 Å². The molecule has 2 N–H and O–H groups in total. The number of nitrogens with one attached hydrogen (secondary N) is 1. The molecule has 2 fully saturated rings. The van der Waals surface area contributed by atoms with Crippen LogP contribution in [-0.2, 0) is 9.59 Å². The van der Waals surface area contributed by atoms with Crippen molar-refractivity contribution in [3.05, 3.63) is 28.7 Å². The normalized spacial score (nSPS) is 23.4. The highest BCUT2D eigenvalue weighted by Crippen LogP contribution is 2.34. The number of benzene rings is 1. The molecule has 1 aromatic carbocycles. The van der Waals surface area contributed by atoms with Crippen molar-refractivity contribution in [3.63, 3.8) is 0 Å². The molecule has 2 atom stereocenters. The van der Waals surface area contributed by atoms with Crippen LogP contribution in [0.5, 0.6) is 11.5 Å². The Morgan fingerprint density at radius 2 is 2.11 bits per heavy atom. The van der Waals surface area contributed by atoms with Crippen LogP contribution in [0.15, 0.2) is 23.1 Å². The number of hydrogen-bond donors (Lipinski definition) is 2. The second-order valence-corrected chi connectivity index (χ2v) is 8.22. The van der Waals surface area contributed by atoms with Gasteiger partial charge in [-0.1, -0.05) is 0 Å². The maximum absolute atomic E-state index is 12.6. The lowest BCUT2D eigenvalue weighted by molar-refractivity contribution is -0.129. The molecule has 2 aliphatic rings. The Hall–Kier alpha value is -2.17. The summed E-state index contributed by atoms with van der Waals surface area (Å²) in [6.07, 6.45) is 0.935. The second kappa shape index (κ2) is 8.89. The highest BCUT2D eigenvalue weighted by atomic mass is 32.2. The minimum atomic E-state index is -0.619. The monoisotopic (exact) mass is 424 g/mol. The molecule has 0 saturated carbocycles. The third kappa shape index (κ3) is 4.45. The van der Waals surface area contributed by atoms with E-state index in [0.717, 1.165) is 16.7 Å². The Balaban J connectivity index is 1.71. The number of carbonyl (C=O) groups is 3. The molecular formula is C18H20N2O6S2. The summed E-state index contributed by atoms with van der Waals surface area (Å²) in [5.41, 5.74) is 0.615. The summed E-state index contributed by atoms with van der Waals surface area (Å²) in [5, 5.41) is 11.9. The number of rotatable bonds is 6. The van der Waals surface area contributed by atoms with Gasteiger partial charge < -0.3 is 19.9 Å². The number of ether oxygens (including phenoxy) is 2. The lowest BCUT2D eigenvalue weighted by Crippen LogP contribution is -2.47. The van der Waals surface area contributed by atoms with E-state index in [1.54, 1.807) is 24.3 Å². The molecule has 0 aromatic heterocycles. The smallest absolute Gasteiger partial charge is 0.294 e. The van der Waals surface area contributed by atoms with Gasteiger partial charge in [0.25, 0.3) is 11.1 Å². The van der Waals surface area contributed by atoms with Gasteiger partial charge in [-0.05, 0) is 30.0 Å². The number of imide groups is 1. The maximum Gasteiger partial charge on any atom is 0.294 e. The van der Waals surface area contributed by atoms with Crippen LogP contribution in [0, 0.1) is 0 Å². The van der Waals surface area contributed by atoms with Gasteiger partial charge in [0.1, 0.15) is 18.0 Å². The predicted molar refractivity (Wildman–Crippen MR) is 107 cm³/mol. The minimum absolute atomic E-state index is 0.206. The Morgan fingerprint density at radius 1 is 1.32 bits per heavy atom. The fourth-order valence-corrected chi connectivity index (χ4v) is 4.79. The van der Waals surface area contributed by atoms with Crippen LogP contribution in [0.2, 0.25) is 0 Å². The van der Waals surface area contributed by atoms with Crippen molar-refractivity contribution < 1.29 is 29.0 Å². The van der Waals surface area contributed by atoms with E-state index in [1.165, 1.54) is 26.0 Å². The molecule has 28 heavy (non-hydrogen) atoms. The van der Waals surface area contributed by atoms with Gasteiger partial charge in [0.15, 0.2) is 0 Å². The lowest BCUT2D eigenvalue weighted by Gasteiger charge is -2.18. The number of carbonyl (C=O) groups excluding carboxylic acids is 3. The number of aliphatic hydroxyl groups excluding tert-OH is 1. The zero-order valence-electron chi connectivity index (χ0n) is 15.3. The largest absolute Gasteiger partial charge is 0.497 e. The Morgan fingerprint density at radius 3 is 2.75 bits per heavy atom. The number of thioether (sulfide) groups is 2. The van der Waals surface area contributed by atoms with E-state index in [9.17, 15) is 19.5 Å². The van der Waals surface area contributed by atoms with Gasteiger partial charge in [-0.15, -0.1) is 0 Å². The first-order valence-electron chi connectivity index (χ1n) is 8.45. The summed E-state index contributed by atoms with van der Waals surface area (Å²) < 4.78 is 10.4. The average Bonchev–Trinajstić information content (AvgIpc) is 3.19. The van der Waals surface area contributed by atoms with Crippen LogP contribution in [0.3, 0.4) is 0 Å². The van der Waals surface area contributed by atoms with Gasteiger partial charge in [0, 0.05) is 23.1 Å². The lowest BCUT2D eigenvalue weighted by atomic mass is 10.1. The van der Waals surface area contributed by atoms with Crippen molar-refractivity contribution in [2.45, 2.75) is 12.1 Å². The average molecular weight is 425 g/mol.